The third-order valence-electron chi connectivity index (χ3n) is 5.39. The van der Waals surface area contributed by atoms with E-state index in [1.807, 2.05) is 0 Å². The first kappa shape index (κ1) is 22.3. The van der Waals surface area contributed by atoms with Gasteiger partial charge in [-0.1, -0.05) is 30.6 Å². The highest BCUT2D eigenvalue weighted by Crippen LogP contribution is 2.42. The number of hydrogen-bond donors (Lipinski definition) is 1. The number of ketones is 1. The number of anilines is 1. The van der Waals surface area contributed by atoms with E-state index < -0.39 is 29.3 Å². The van der Waals surface area contributed by atoms with E-state index in [0.29, 0.717) is 23.7 Å². The lowest BCUT2D eigenvalue weighted by Crippen LogP contribution is -2.29. The minimum absolute atomic E-state index is 0.119. The van der Waals surface area contributed by atoms with E-state index >= 15 is 0 Å². The van der Waals surface area contributed by atoms with E-state index in [1.54, 1.807) is 31.2 Å². The lowest BCUT2D eigenvalue weighted by Gasteiger charge is -2.23. The van der Waals surface area contributed by atoms with Crippen molar-refractivity contribution in [1.29, 1.82) is 0 Å². The van der Waals surface area contributed by atoms with E-state index in [-0.39, 0.29) is 17.0 Å². The number of carbonyl (C=O) groups excluding carboxylic acids is 2. The molecule has 1 atom stereocenters. The zero-order valence-corrected chi connectivity index (χ0v) is 18.2. The summed E-state index contributed by atoms with van der Waals surface area (Å²) in [5.74, 6) is -1.33. The molecule has 8 heteroatoms. The fourth-order valence-corrected chi connectivity index (χ4v) is 3.69. The first-order valence-electron chi connectivity index (χ1n) is 10.6. The zero-order chi connectivity index (χ0) is 23.5. The second-order valence-corrected chi connectivity index (χ2v) is 7.74. The molecule has 170 valence electrons. The number of nitrogens with zero attached hydrogens (tertiary/aromatic N) is 2. The Hall–Kier alpha value is -3.94. The molecule has 0 aliphatic carbocycles. The largest absolute Gasteiger partial charge is 0.507 e. The minimum Gasteiger partial charge on any atom is -0.507 e. The van der Waals surface area contributed by atoms with Crippen LogP contribution in [0.2, 0.25) is 0 Å². The van der Waals surface area contributed by atoms with Crippen LogP contribution in [0, 0.1) is 12.7 Å². The molecular weight excluding hydrogens is 427 g/mol. The van der Waals surface area contributed by atoms with Gasteiger partial charge < -0.3 is 14.4 Å². The molecule has 4 rings (SSSR count). The predicted octanol–water partition coefficient (Wildman–Crippen LogP) is 4.93. The van der Waals surface area contributed by atoms with Crippen LogP contribution in [0.25, 0.3) is 5.76 Å². The number of aliphatic hydroxyl groups excluding tert-OH is 1. The maximum atomic E-state index is 13.4. The summed E-state index contributed by atoms with van der Waals surface area (Å²) in [5.41, 5.74) is 0.670. The molecule has 7 nitrogen and oxygen atoms in total. The van der Waals surface area contributed by atoms with E-state index in [0.717, 1.165) is 12.8 Å². The second kappa shape index (κ2) is 9.28. The summed E-state index contributed by atoms with van der Waals surface area (Å²) in [6.07, 6.45) is 1.93. The van der Waals surface area contributed by atoms with Crippen molar-refractivity contribution in [2.75, 3.05) is 11.5 Å². The maximum absolute atomic E-state index is 13.4. The van der Waals surface area contributed by atoms with Crippen molar-refractivity contribution >= 4 is 23.3 Å². The maximum Gasteiger partial charge on any atom is 0.301 e. The Morgan fingerprint density at radius 2 is 1.85 bits per heavy atom. The molecular formula is C25H23FN2O5. The van der Waals surface area contributed by atoms with Crippen molar-refractivity contribution in [1.82, 2.24) is 5.16 Å². The zero-order valence-electron chi connectivity index (χ0n) is 18.2. The highest BCUT2D eigenvalue weighted by atomic mass is 19.1. The lowest BCUT2D eigenvalue weighted by molar-refractivity contribution is -0.132. The van der Waals surface area contributed by atoms with Gasteiger partial charge in [0.15, 0.2) is 5.82 Å². The number of aliphatic hydroxyl groups is 1. The van der Waals surface area contributed by atoms with Crippen molar-refractivity contribution in [2.24, 2.45) is 0 Å². The summed E-state index contributed by atoms with van der Waals surface area (Å²) < 4.78 is 24.2. The highest BCUT2D eigenvalue weighted by molar-refractivity contribution is 6.51. The van der Waals surface area contributed by atoms with E-state index in [2.05, 4.69) is 12.1 Å². The fourth-order valence-electron chi connectivity index (χ4n) is 3.69. The molecule has 1 aliphatic rings. The Morgan fingerprint density at radius 1 is 1.15 bits per heavy atom. The van der Waals surface area contributed by atoms with Gasteiger partial charge in [-0.25, -0.2) is 4.39 Å². The lowest BCUT2D eigenvalue weighted by atomic mass is 9.95. The summed E-state index contributed by atoms with van der Waals surface area (Å²) in [6.45, 7) is 4.32. The quantitative estimate of drug-likeness (QED) is 0.238. The van der Waals surface area contributed by atoms with Gasteiger partial charge in [-0.15, -0.1) is 0 Å². The number of Topliss-reactive ketones (excluding diaryl/α,β-unsaturated/α-hetero) is 1. The fraction of sp³-hybridized carbons (Fsp3) is 0.240. The average Bonchev–Trinajstić information content (AvgIpc) is 3.35. The number of aromatic nitrogens is 1. The first-order valence-corrected chi connectivity index (χ1v) is 10.6. The van der Waals surface area contributed by atoms with Crippen LogP contribution in [0.5, 0.6) is 5.75 Å². The summed E-state index contributed by atoms with van der Waals surface area (Å²) in [7, 11) is 0. The molecule has 0 saturated carbocycles. The number of aryl methyl sites for hydroxylation is 1. The third kappa shape index (κ3) is 4.37. The summed E-state index contributed by atoms with van der Waals surface area (Å²) in [6, 6.07) is 12.6. The normalized spacial score (nSPS) is 17.5. The molecule has 1 saturated heterocycles. The van der Waals surface area contributed by atoms with Gasteiger partial charge in [-0.2, -0.15) is 0 Å². The number of hydrogen-bond acceptors (Lipinski definition) is 6. The van der Waals surface area contributed by atoms with Gasteiger partial charge in [0, 0.05) is 11.6 Å². The Labute approximate surface area is 190 Å². The molecule has 0 spiro atoms. The SMILES string of the molecule is CCCCOc1ccc([C@@H]2/C(=C(\O)c3ccc(F)cc3)C(=O)C(=O)N2c2cc(C)on2)cc1. The van der Waals surface area contributed by atoms with Gasteiger partial charge in [0.2, 0.25) is 0 Å². The number of unbranched alkanes of at least 4 members (excludes halogenated alkanes) is 1. The van der Waals surface area contributed by atoms with Crippen LogP contribution < -0.4 is 9.64 Å². The molecule has 1 amide bonds. The van der Waals surface area contributed by atoms with Gasteiger partial charge in [0.05, 0.1) is 18.2 Å². The van der Waals surface area contributed by atoms with Crippen LogP contribution in [0.4, 0.5) is 10.2 Å². The Balaban J connectivity index is 1.81. The van der Waals surface area contributed by atoms with Crippen LogP contribution in [0.1, 0.15) is 42.7 Å². The Bertz CT molecular complexity index is 1200. The van der Waals surface area contributed by atoms with Crippen LogP contribution in [-0.4, -0.2) is 28.6 Å². The van der Waals surface area contributed by atoms with Crippen molar-refractivity contribution < 1.29 is 28.3 Å². The summed E-state index contributed by atoms with van der Waals surface area (Å²) in [5, 5.41) is 14.9. The monoisotopic (exact) mass is 450 g/mol. The molecule has 1 fully saturated rings. The number of ether oxygens (including phenoxy) is 1. The highest BCUT2D eigenvalue weighted by Gasteiger charge is 2.48. The minimum atomic E-state index is -0.954. The number of carbonyl (C=O) groups is 2. The number of amides is 1. The van der Waals surface area contributed by atoms with Crippen molar-refractivity contribution in [3.8, 4) is 5.75 Å². The molecule has 0 unspecified atom stereocenters. The van der Waals surface area contributed by atoms with Crippen molar-refractivity contribution in [3.05, 3.63) is 82.9 Å². The molecule has 2 heterocycles. The molecule has 1 aromatic heterocycles. The van der Waals surface area contributed by atoms with E-state index in [4.69, 9.17) is 9.26 Å². The standard InChI is InChI=1S/C25H23FN2O5/c1-3-4-13-32-19-11-7-16(8-12-19)22-21(23(29)17-5-9-18(26)10-6-17)24(30)25(31)28(22)20-14-15(2)33-27-20/h5-12,14,22,29H,3-4,13H2,1-2H3/b23-21+/t22-/m1/s1. The van der Waals surface area contributed by atoms with Crippen molar-refractivity contribution in [2.45, 2.75) is 32.7 Å². The average molecular weight is 450 g/mol. The van der Waals surface area contributed by atoms with E-state index in [9.17, 15) is 19.1 Å². The van der Waals surface area contributed by atoms with E-state index in [1.165, 1.54) is 35.2 Å². The molecule has 2 aromatic carbocycles. The van der Waals surface area contributed by atoms with Crippen LogP contribution in [0.3, 0.4) is 0 Å². The molecule has 0 radical (unpaired) electrons. The van der Waals surface area contributed by atoms with Crippen LogP contribution in [-0.2, 0) is 9.59 Å². The topological polar surface area (TPSA) is 92.9 Å². The molecule has 3 aromatic rings. The third-order valence-corrected chi connectivity index (χ3v) is 5.39. The molecule has 0 bridgehead atoms. The summed E-state index contributed by atoms with van der Waals surface area (Å²) in [4.78, 5) is 27.2. The number of rotatable bonds is 7. The van der Waals surface area contributed by atoms with Gasteiger partial charge in [-0.3, -0.25) is 14.5 Å². The van der Waals surface area contributed by atoms with Gasteiger partial charge in [-0.05, 0) is 55.3 Å². The van der Waals surface area contributed by atoms with Gasteiger partial charge in [0.1, 0.15) is 23.1 Å². The number of halogens is 1. The van der Waals surface area contributed by atoms with Crippen molar-refractivity contribution in [3.63, 3.8) is 0 Å². The number of benzene rings is 2. The Morgan fingerprint density at radius 3 is 2.45 bits per heavy atom. The van der Waals surface area contributed by atoms with Gasteiger partial charge >= 0.3 is 5.91 Å². The van der Waals surface area contributed by atoms with Crippen LogP contribution in [0.15, 0.2) is 64.7 Å². The second-order valence-electron chi connectivity index (χ2n) is 7.74. The summed E-state index contributed by atoms with van der Waals surface area (Å²) >= 11 is 0. The van der Waals surface area contributed by atoms with Crippen LogP contribution >= 0.6 is 0 Å². The molecule has 33 heavy (non-hydrogen) atoms. The molecule has 1 aliphatic heterocycles. The predicted molar refractivity (Wildman–Crippen MR) is 119 cm³/mol. The Kier molecular flexibility index (Phi) is 6.26. The smallest absolute Gasteiger partial charge is 0.301 e. The molecule has 1 N–H and O–H groups in total. The van der Waals surface area contributed by atoms with Gasteiger partial charge in [0.25, 0.3) is 5.78 Å². The first-order chi connectivity index (χ1) is 15.9.